The Kier molecular flexibility index (Phi) is 4.51. The van der Waals surface area contributed by atoms with Crippen LogP contribution in [0.4, 0.5) is 0 Å². The zero-order valence-corrected chi connectivity index (χ0v) is 13.2. The van der Waals surface area contributed by atoms with Crippen LogP contribution < -0.4 is 0 Å². The molecular weight excluding hydrogens is 264 g/mol. The van der Waals surface area contributed by atoms with Crippen molar-refractivity contribution >= 4 is 11.8 Å². The van der Waals surface area contributed by atoms with Crippen molar-refractivity contribution in [3.05, 3.63) is 0 Å². The predicted molar refractivity (Wildman–Crippen MR) is 81.7 cm³/mol. The fourth-order valence-electron chi connectivity index (χ4n) is 4.29. The molecule has 4 heteroatoms. The summed E-state index contributed by atoms with van der Waals surface area (Å²) in [6, 6.07) is 0.407. The van der Waals surface area contributed by atoms with Crippen LogP contribution in [0.5, 0.6) is 0 Å². The molecule has 4 nitrogen and oxygen atoms in total. The van der Waals surface area contributed by atoms with Gasteiger partial charge in [0.2, 0.25) is 11.8 Å². The van der Waals surface area contributed by atoms with Gasteiger partial charge in [0.25, 0.3) is 0 Å². The summed E-state index contributed by atoms with van der Waals surface area (Å²) in [4.78, 5) is 29.0. The predicted octanol–water partition coefficient (Wildman–Crippen LogP) is 2.43. The highest BCUT2D eigenvalue weighted by Gasteiger charge is 2.40. The molecule has 21 heavy (non-hydrogen) atoms. The van der Waals surface area contributed by atoms with Gasteiger partial charge in [-0.05, 0) is 31.6 Å². The van der Waals surface area contributed by atoms with Crippen LogP contribution in [0.15, 0.2) is 0 Å². The molecule has 1 saturated carbocycles. The Labute approximate surface area is 127 Å². The van der Waals surface area contributed by atoms with E-state index in [1.54, 1.807) is 0 Å². The molecule has 0 aromatic heterocycles. The van der Waals surface area contributed by atoms with E-state index in [1.807, 2.05) is 9.80 Å². The molecule has 0 aromatic carbocycles. The summed E-state index contributed by atoms with van der Waals surface area (Å²) in [6.45, 7) is 4.66. The van der Waals surface area contributed by atoms with Crippen molar-refractivity contribution in [2.75, 3.05) is 19.6 Å². The van der Waals surface area contributed by atoms with E-state index >= 15 is 0 Å². The van der Waals surface area contributed by atoms with Gasteiger partial charge in [-0.25, -0.2) is 0 Å². The molecule has 3 fully saturated rings. The third kappa shape index (κ3) is 3.24. The lowest BCUT2D eigenvalue weighted by molar-refractivity contribution is -0.137. The van der Waals surface area contributed by atoms with Crippen LogP contribution in [-0.4, -0.2) is 47.3 Å². The van der Waals surface area contributed by atoms with Crippen LogP contribution in [-0.2, 0) is 9.59 Å². The SMILES string of the molecule is C[C@H]1CCCN(C(=O)[C@H]2CC(=O)N(C3CCCCC3)C2)C1. The third-order valence-electron chi connectivity index (χ3n) is 5.49. The molecular formula is C17H28N2O2. The van der Waals surface area contributed by atoms with Gasteiger partial charge in [0, 0.05) is 32.1 Å². The summed E-state index contributed by atoms with van der Waals surface area (Å²) in [5, 5.41) is 0. The number of piperidine rings is 1. The Bertz CT molecular complexity index is 404. The van der Waals surface area contributed by atoms with E-state index in [2.05, 4.69) is 6.92 Å². The number of carbonyl (C=O) groups is 2. The van der Waals surface area contributed by atoms with E-state index in [4.69, 9.17) is 0 Å². The summed E-state index contributed by atoms with van der Waals surface area (Å²) < 4.78 is 0. The Morgan fingerprint density at radius 1 is 1.05 bits per heavy atom. The van der Waals surface area contributed by atoms with E-state index in [0.717, 1.165) is 32.4 Å². The van der Waals surface area contributed by atoms with Gasteiger partial charge in [-0.1, -0.05) is 26.2 Å². The maximum Gasteiger partial charge on any atom is 0.228 e. The van der Waals surface area contributed by atoms with E-state index in [1.165, 1.54) is 25.7 Å². The monoisotopic (exact) mass is 292 g/mol. The molecule has 118 valence electrons. The van der Waals surface area contributed by atoms with Crippen molar-refractivity contribution in [2.45, 2.75) is 64.3 Å². The fraction of sp³-hybridized carbons (Fsp3) is 0.882. The van der Waals surface area contributed by atoms with Crippen LogP contribution in [0.1, 0.15) is 58.3 Å². The van der Waals surface area contributed by atoms with Gasteiger partial charge in [-0.3, -0.25) is 9.59 Å². The minimum absolute atomic E-state index is 0.0790. The second kappa shape index (κ2) is 6.37. The van der Waals surface area contributed by atoms with Crippen molar-refractivity contribution in [1.82, 2.24) is 9.80 Å². The van der Waals surface area contributed by atoms with Crippen molar-refractivity contribution in [1.29, 1.82) is 0 Å². The molecule has 2 atom stereocenters. The molecule has 0 spiro atoms. The van der Waals surface area contributed by atoms with Crippen LogP contribution in [0.25, 0.3) is 0 Å². The summed E-state index contributed by atoms with van der Waals surface area (Å²) in [6.07, 6.45) is 8.81. The molecule has 0 aromatic rings. The van der Waals surface area contributed by atoms with Crippen molar-refractivity contribution in [3.8, 4) is 0 Å². The average Bonchev–Trinajstić information content (AvgIpc) is 2.89. The van der Waals surface area contributed by atoms with Crippen LogP contribution in [0.3, 0.4) is 0 Å². The molecule has 2 amide bonds. The summed E-state index contributed by atoms with van der Waals surface area (Å²) in [5.74, 6) is 0.970. The van der Waals surface area contributed by atoms with E-state index in [-0.39, 0.29) is 17.7 Å². The molecule has 3 aliphatic rings. The van der Waals surface area contributed by atoms with Gasteiger partial charge >= 0.3 is 0 Å². The van der Waals surface area contributed by atoms with Crippen LogP contribution in [0.2, 0.25) is 0 Å². The highest BCUT2D eigenvalue weighted by atomic mass is 16.2. The Hall–Kier alpha value is -1.06. The zero-order chi connectivity index (χ0) is 14.8. The number of amides is 2. The highest BCUT2D eigenvalue weighted by Crippen LogP contribution is 2.30. The number of carbonyl (C=O) groups excluding carboxylic acids is 2. The van der Waals surface area contributed by atoms with Gasteiger partial charge in [-0.15, -0.1) is 0 Å². The van der Waals surface area contributed by atoms with Crippen LogP contribution in [0, 0.1) is 11.8 Å². The molecule has 2 saturated heterocycles. The Morgan fingerprint density at radius 2 is 1.81 bits per heavy atom. The smallest absolute Gasteiger partial charge is 0.228 e. The first-order chi connectivity index (χ1) is 10.1. The second-order valence-electron chi connectivity index (χ2n) is 7.27. The van der Waals surface area contributed by atoms with Gasteiger partial charge in [0.05, 0.1) is 5.92 Å². The number of nitrogens with zero attached hydrogens (tertiary/aromatic N) is 2. The molecule has 1 aliphatic carbocycles. The summed E-state index contributed by atoms with van der Waals surface area (Å²) in [5.41, 5.74) is 0. The van der Waals surface area contributed by atoms with Gasteiger partial charge in [-0.2, -0.15) is 0 Å². The molecule has 3 rings (SSSR count). The molecule has 0 N–H and O–H groups in total. The van der Waals surface area contributed by atoms with Gasteiger partial charge in [0.1, 0.15) is 0 Å². The lowest BCUT2D eigenvalue weighted by Gasteiger charge is -2.34. The number of hydrogen-bond donors (Lipinski definition) is 0. The molecule has 0 bridgehead atoms. The number of likely N-dealkylation sites (tertiary alicyclic amines) is 2. The first-order valence-corrected chi connectivity index (χ1v) is 8.73. The molecule has 2 aliphatic heterocycles. The Balaban J connectivity index is 1.59. The lowest BCUT2D eigenvalue weighted by Crippen LogP contribution is -2.44. The van der Waals surface area contributed by atoms with E-state index in [0.29, 0.717) is 24.9 Å². The quantitative estimate of drug-likeness (QED) is 0.784. The van der Waals surface area contributed by atoms with E-state index in [9.17, 15) is 9.59 Å². The van der Waals surface area contributed by atoms with Crippen molar-refractivity contribution in [2.24, 2.45) is 11.8 Å². The first-order valence-electron chi connectivity index (χ1n) is 8.73. The van der Waals surface area contributed by atoms with Crippen LogP contribution >= 0.6 is 0 Å². The summed E-state index contributed by atoms with van der Waals surface area (Å²) in [7, 11) is 0. The van der Waals surface area contributed by atoms with Crippen molar-refractivity contribution < 1.29 is 9.59 Å². The largest absolute Gasteiger partial charge is 0.342 e. The highest BCUT2D eigenvalue weighted by molar-refractivity contribution is 5.89. The maximum atomic E-state index is 12.7. The zero-order valence-electron chi connectivity index (χ0n) is 13.2. The standard InChI is InChI=1S/C17H28N2O2/c1-13-6-5-9-18(11-13)17(21)14-10-16(20)19(12-14)15-7-3-2-4-8-15/h13-15H,2-12H2,1H3/t13-,14-/m0/s1. The minimum Gasteiger partial charge on any atom is -0.342 e. The molecule has 0 radical (unpaired) electrons. The topological polar surface area (TPSA) is 40.6 Å². The third-order valence-corrected chi connectivity index (χ3v) is 5.49. The van der Waals surface area contributed by atoms with E-state index < -0.39 is 0 Å². The fourth-order valence-corrected chi connectivity index (χ4v) is 4.29. The average molecular weight is 292 g/mol. The van der Waals surface area contributed by atoms with Crippen molar-refractivity contribution in [3.63, 3.8) is 0 Å². The second-order valence-corrected chi connectivity index (χ2v) is 7.27. The normalized spacial score (nSPS) is 31.8. The molecule has 2 heterocycles. The minimum atomic E-state index is -0.0790. The van der Waals surface area contributed by atoms with Gasteiger partial charge < -0.3 is 9.80 Å². The Morgan fingerprint density at radius 3 is 2.52 bits per heavy atom. The number of hydrogen-bond acceptors (Lipinski definition) is 2. The summed E-state index contributed by atoms with van der Waals surface area (Å²) >= 11 is 0. The van der Waals surface area contributed by atoms with Gasteiger partial charge in [0.15, 0.2) is 0 Å². The number of rotatable bonds is 2. The molecule has 0 unspecified atom stereocenters. The maximum absolute atomic E-state index is 12.7. The lowest BCUT2D eigenvalue weighted by atomic mass is 9.94. The first kappa shape index (κ1) is 14.9.